The molecule has 0 spiro atoms. The maximum Gasteiger partial charge on any atom is 0.165 e. The molecule has 0 atom stereocenters. The van der Waals surface area contributed by atoms with Gasteiger partial charge in [0.1, 0.15) is 0 Å². The van der Waals surface area contributed by atoms with E-state index in [0.29, 0.717) is 17.5 Å². The molecule has 10 aromatic carbocycles. The zero-order valence-electron chi connectivity index (χ0n) is 44.3. The molecule has 0 bridgehead atoms. The number of hydrogen-bond acceptors (Lipinski definition) is 7. The van der Waals surface area contributed by atoms with Crippen LogP contribution in [-0.4, -0.2) is 34.9 Å². The van der Waals surface area contributed by atoms with Gasteiger partial charge < -0.3 is 0 Å². The maximum atomic E-state index is 5.30. The number of hydrogen-bond donors (Lipinski definition) is 0. The molecule has 378 valence electrons. The average molecular weight is 1030 g/mol. The Balaban J connectivity index is 0.879. The molecular weight excluding hydrogens is 987 g/mol. The predicted molar refractivity (Wildman–Crippen MR) is 332 cm³/mol. The van der Waals surface area contributed by atoms with E-state index in [2.05, 4.69) is 226 Å². The van der Waals surface area contributed by atoms with Crippen molar-refractivity contribution in [1.82, 2.24) is 34.9 Å². The number of nitrogens with zero attached hydrogens (tertiary/aromatic N) is 7. The molecule has 1 aliphatic rings. The smallest absolute Gasteiger partial charge is 0.165 e. The second-order valence-electron chi connectivity index (χ2n) is 21.7. The van der Waals surface area contributed by atoms with Crippen molar-refractivity contribution in [2.24, 2.45) is 0 Å². The molecule has 1 aliphatic carbocycles. The highest BCUT2D eigenvalue weighted by molar-refractivity contribution is 6.22. The highest BCUT2D eigenvalue weighted by atomic mass is 15.0. The number of benzene rings is 10. The first-order chi connectivity index (χ1) is 39.9. The van der Waals surface area contributed by atoms with Gasteiger partial charge in [0.05, 0.1) is 22.1 Å². The molecule has 5 aromatic heterocycles. The van der Waals surface area contributed by atoms with Crippen molar-refractivity contribution in [3.05, 3.63) is 260 Å². The monoisotopic (exact) mass is 1030 g/mol. The first-order valence-corrected chi connectivity index (χ1v) is 27.4. The summed E-state index contributed by atoms with van der Waals surface area (Å²) in [5.74, 6) is 1.59. The lowest BCUT2D eigenvalue weighted by Gasteiger charge is -2.24. The van der Waals surface area contributed by atoms with Gasteiger partial charge in [0.2, 0.25) is 0 Å². The fourth-order valence-electron chi connectivity index (χ4n) is 12.6. The summed E-state index contributed by atoms with van der Waals surface area (Å²) in [4.78, 5) is 35.2. The largest absolute Gasteiger partial charge is 0.254 e. The highest BCUT2D eigenvalue weighted by Crippen LogP contribution is 2.54. The molecule has 0 fully saturated rings. The summed E-state index contributed by atoms with van der Waals surface area (Å²) in [5.41, 5.74) is 19.9. The topological polar surface area (TPSA) is 90.2 Å². The van der Waals surface area contributed by atoms with Crippen molar-refractivity contribution in [3.63, 3.8) is 0 Å². The number of pyridine rings is 4. The van der Waals surface area contributed by atoms with E-state index in [9.17, 15) is 0 Å². The normalized spacial score (nSPS) is 12.7. The lowest BCUT2D eigenvalue weighted by molar-refractivity contribution is 0.661. The third kappa shape index (κ3) is 7.61. The summed E-state index contributed by atoms with van der Waals surface area (Å²) in [5, 5.41) is 8.83. The van der Waals surface area contributed by atoms with E-state index in [-0.39, 0.29) is 0 Å². The minimum absolute atomic E-state index is 0.400. The Morgan fingerprint density at radius 1 is 0.272 bits per heavy atom. The summed E-state index contributed by atoms with van der Waals surface area (Å²) < 4.78 is 0. The number of fused-ring (bicyclic) bond motifs is 11. The molecule has 0 radical (unpaired) electrons. The van der Waals surface area contributed by atoms with Crippen molar-refractivity contribution in [2.75, 3.05) is 0 Å². The Labute approximate surface area is 467 Å². The fraction of sp³-hybridized carbons (Fsp3) is 0.0405. The van der Waals surface area contributed by atoms with Crippen LogP contribution in [0.15, 0.2) is 249 Å². The minimum atomic E-state index is -0.400. The second-order valence-corrected chi connectivity index (χ2v) is 21.7. The molecule has 0 unspecified atom stereocenters. The summed E-state index contributed by atoms with van der Waals surface area (Å²) in [7, 11) is 0. The Kier molecular flexibility index (Phi) is 10.5. The quantitative estimate of drug-likeness (QED) is 0.116. The minimum Gasteiger partial charge on any atom is -0.254 e. The Morgan fingerprint density at radius 2 is 0.679 bits per heavy atom. The highest BCUT2D eigenvalue weighted by Gasteiger charge is 2.37. The molecule has 0 aliphatic heterocycles. The van der Waals surface area contributed by atoms with E-state index in [4.69, 9.17) is 34.9 Å². The third-order valence-electron chi connectivity index (χ3n) is 16.6. The van der Waals surface area contributed by atoms with Crippen LogP contribution in [0.2, 0.25) is 0 Å². The van der Waals surface area contributed by atoms with Crippen LogP contribution in [-0.2, 0) is 5.41 Å². The van der Waals surface area contributed by atoms with Crippen molar-refractivity contribution >= 4 is 65.2 Å². The molecule has 7 heteroatoms. The van der Waals surface area contributed by atoms with E-state index in [1.165, 1.54) is 88.3 Å². The first kappa shape index (κ1) is 46.5. The summed E-state index contributed by atoms with van der Waals surface area (Å²) in [6, 6.07) is 80.7. The summed E-state index contributed by atoms with van der Waals surface area (Å²) >= 11 is 0. The first-order valence-electron chi connectivity index (χ1n) is 27.4. The zero-order valence-corrected chi connectivity index (χ0v) is 44.3. The molecule has 16 rings (SSSR count). The van der Waals surface area contributed by atoms with Crippen LogP contribution in [0.5, 0.6) is 0 Å². The Morgan fingerprint density at radius 3 is 1.20 bits per heavy atom. The van der Waals surface area contributed by atoms with Crippen molar-refractivity contribution in [1.29, 1.82) is 0 Å². The molecule has 0 N–H and O–H groups in total. The molecule has 5 heterocycles. The van der Waals surface area contributed by atoms with Crippen LogP contribution in [0.1, 0.15) is 25.0 Å². The van der Waals surface area contributed by atoms with E-state index < -0.39 is 5.41 Å². The van der Waals surface area contributed by atoms with Crippen molar-refractivity contribution < 1.29 is 0 Å². The van der Waals surface area contributed by atoms with Crippen LogP contribution >= 0.6 is 0 Å². The van der Waals surface area contributed by atoms with Gasteiger partial charge in [0.15, 0.2) is 17.5 Å². The predicted octanol–water partition coefficient (Wildman–Crippen LogP) is 18.3. The molecular formula is C74H47N7. The van der Waals surface area contributed by atoms with Gasteiger partial charge in [-0.1, -0.05) is 196 Å². The third-order valence-corrected chi connectivity index (χ3v) is 16.6. The van der Waals surface area contributed by atoms with Gasteiger partial charge in [-0.25, -0.2) is 15.0 Å². The summed E-state index contributed by atoms with van der Waals surface area (Å²) in [6.07, 6.45) is 7.32. The lowest BCUT2D eigenvalue weighted by atomic mass is 9.79. The SMILES string of the molecule is CC1(C)c2cc(-c3nc(-c4cnc5c(ccc6cccnc65)c4)nc(-c4cnc5c(ccc6cccnc65)c4)n3)ccc2-c2cc3c(-c4ccc(-c5ccccc5)cc4)c4ccccc4c(-c4ccc(-c5ccccc5)cc4)c3cc21. The molecule has 0 saturated carbocycles. The second kappa shape index (κ2) is 18.2. The van der Waals surface area contributed by atoms with Gasteiger partial charge in [-0.2, -0.15) is 0 Å². The van der Waals surface area contributed by atoms with E-state index in [1.807, 2.05) is 36.9 Å². The number of aromatic nitrogens is 7. The van der Waals surface area contributed by atoms with Crippen molar-refractivity contribution in [3.8, 4) is 89.8 Å². The zero-order chi connectivity index (χ0) is 53.8. The maximum absolute atomic E-state index is 5.30. The van der Waals surface area contributed by atoms with Gasteiger partial charge in [-0.05, 0) is 131 Å². The standard InChI is InChI=1S/C74H47N7/c1-74(2)63-39-54(71-79-72(55-37-52-31-29-50-17-11-35-75-67(50)69(52)77-42-55)81-73(80-71)56-38-53-32-30-51-18-12-36-76-68(51)70(53)78-43-56)33-34-57(63)60-40-61-62(41-64(60)74)66(49-27-23-47(24-28-49)45-15-7-4-8-16-45)59-20-10-9-19-58(59)65(61)48-25-21-46(22-26-48)44-13-5-3-6-14-44/h3-43H,1-2H3. The molecule has 81 heavy (non-hydrogen) atoms. The lowest BCUT2D eigenvalue weighted by Crippen LogP contribution is -2.15. The average Bonchev–Trinajstić information content (AvgIpc) is 3.93. The van der Waals surface area contributed by atoms with Crippen LogP contribution in [0.4, 0.5) is 0 Å². The van der Waals surface area contributed by atoms with Gasteiger partial charge >= 0.3 is 0 Å². The van der Waals surface area contributed by atoms with Crippen LogP contribution in [0.3, 0.4) is 0 Å². The molecule has 15 aromatic rings. The van der Waals surface area contributed by atoms with Gasteiger partial charge in [-0.15, -0.1) is 0 Å². The summed E-state index contributed by atoms with van der Waals surface area (Å²) in [6.45, 7) is 4.71. The van der Waals surface area contributed by atoms with Crippen LogP contribution in [0, 0.1) is 0 Å². The van der Waals surface area contributed by atoms with E-state index in [0.717, 1.165) is 60.3 Å². The van der Waals surface area contributed by atoms with Gasteiger partial charge in [0.25, 0.3) is 0 Å². The fourth-order valence-corrected chi connectivity index (χ4v) is 12.6. The molecule has 7 nitrogen and oxygen atoms in total. The number of rotatable bonds is 7. The van der Waals surface area contributed by atoms with Crippen LogP contribution in [0.25, 0.3) is 155 Å². The van der Waals surface area contributed by atoms with E-state index >= 15 is 0 Å². The Hall–Kier alpha value is -10.6. The molecule has 0 amide bonds. The van der Waals surface area contributed by atoms with Gasteiger partial charge in [0, 0.05) is 68.4 Å². The Bertz CT molecular complexity index is 4920. The van der Waals surface area contributed by atoms with Crippen LogP contribution < -0.4 is 0 Å². The van der Waals surface area contributed by atoms with Crippen molar-refractivity contribution in [2.45, 2.75) is 19.3 Å². The molecule has 0 saturated heterocycles. The van der Waals surface area contributed by atoms with E-state index in [1.54, 1.807) is 0 Å². The van der Waals surface area contributed by atoms with Gasteiger partial charge in [-0.3, -0.25) is 19.9 Å².